The molecule has 0 spiro atoms. The number of aliphatic hydroxyl groups is 1. The van der Waals surface area contributed by atoms with Crippen LogP contribution in [0, 0.1) is 0 Å². The van der Waals surface area contributed by atoms with E-state index in [1.54, 1.807) is 0 Å². The summed E-state index contributed by atoms with van der Waals surface area (Å²) in [6.45, 7) is 0.613. The molecule has 1 aromatic rings. The van der Waals surface area contributed by atoms with E-state index in [2.05, 4.69) is 22.4 Å². The van der Waals surface area contributed by atoms with Gasteiger partial charge in [-0.15, -0.1) is 0 Å². The van der Waals surface area contributed by atoms with Crippen molar-refractivity contribution in [3.05, 3.63) is 47.2 Å². The van der Waals surface area contributed by atoms with Crippen LogP contribution >= 0.6 is 0 Å². The monoisotopic (exact) mass is 217 g/mol. The lowest BCUT2D eigenvalue weighted by atomic mass is 10.0. The number of rotatable bonds is 4. The molecule has 0 aromatic heterocycles. The average molecular weight is 217 g/mol. The summed E-state index contributed by atoms with van der Waals surface area (Å²) in [5.74, 6) is 0. The lowest BCUT2D eigenvalue weighted by Gasteiger charge is -2.04. The molecule has 1 aliphatic heterocycles. The van der Waals surface area contributed by atoms with Gasteiger partial charge in [-0.25, -0.2) is 0 Å². The Bertz CT molecular complexity index is 409. The largest absolute Gasteiger partial charge is 0.390 e. The lowest BCUT2D eigenvalue weighted by Crippen LogP contribution is -2.02. The number of benzene rings is 1. The van der Waals surface area contributed by atoms with Gasteiger partial charge in [0.15, 0.2) is 0 Å². The molecule has 3 N–H and O–H groups in total. The number of azo groups is 1. The molecule has 4 heteroatoms. The minimum absolute atomic E-state index is 0.0472. The van der Waals surface area contributed by atoms with Gasteiger partial charge in [0, 0.05) is 0 Å². The zero-order chi connectivity index (χ0) is 11.4. The predicted octanol–water partition coefficient (Wildman–Crippen LogP) is 1.57. The molecule has 0 bridgehead atoms. The van der Waals surface area contributed by atoms with Gasteiger partial charge in [0.2, 0.25) is 0 Å². The van der Waals surface area contributed by atoms with Crippen molar-refractivity contribution in [3.63, 3.8) is 0 Å². The zero-order valence-electron chi connectivity index (χ0n) is 9.00. The van der Waals surface area contributed by atoms with Crippen molar-refractivity contribution < 1.29 is 5.11 Å². The molecule has 1 heterocycles. The first-order chi connectivity index (χ1) is 7.83. The Balaban J connectivity index is 2.11. The summed E-state index contributed by atoms with van der Waals surface area (Å²) in [6, 6.07) is 8.14. The molecule has 16 heavy (non-hydrogen) atoms. The van der Waals surface area contributed by atoms with Crippen molar-refractivity contribution in [2.24, 2.45) is 16.0 Å². The third-order valence-electron chi connectivity index (χ3n) is 2.58. The molecular formula is C12H15N3O. The van der Waals surface area contributed by atoms with E-state index in [1.807, 2.05) is 18.2 Å². The highest BCUT2D eigenvalue weighted by Crippen LogP contribution is 2.26. The van der Waals surface area contributed by atoms with Gasteiger partial charge >= 0.3 is 0 Å². The summed E-state index contributed by atoms with van der Waals surface area (Å²) in [5.41, 5.74) is 8.44. The maximum Gasteiger partial charge on any atom is 0.116 e. The molecular weight excluding hydrogens is 202 g/mol. The number of nitrogens with zero attached hydrogens (tertiary/aromatic N) is 2. The van der Waals surface area contributed by atoms with E-state index in [0.29, 0.717) is 12.2 Å². The zero-order valence-corrected chi connectivity index (χ0v) is 9.00. The van der Waals surface area contributed by atoms with E-state index < -0.39 is 0 Å². The van der Waals surface area contributed by atoms with E-state index in [-0.39, 0.29) is 12.6 Å². The topological polar surface area (TPSA) is 71.0 Å². The molecule has 0 radical (unpaired) electrons. The van der Waals surface area contributed by atoms with Crippen LogP contribution in [-0.4, -0.2) is 18.3 Å². The SMILES string of the molecule is NCCc1ccc(C2C=C(CO)N=N2)cc1. The number of hydrogen-bond donors (Lipinski definition) is 2. The van der Waals surface area contributed by atoms with E-state index in [4.69, 9.17) is 10.8 Å². The van der Waals surface area contributed by atoms with Crippen LogP contribution in [0.1, 0.15) is 17.2 Å². The standard InChI is InChI=1S/C12H15N3O/c13-6-5-9-1-3-10(4-2-9)12-7-11(8-16)14-15-12/h1-4,7,12,16H,5-6,8,13H2. The Kier molecular flexibility index (Phi) is 3.44. The fourth-order valence-corrected chi connectivity index (χ4v) is 1.68. The summed E-state index contributed by atoms with van der Waals surface area (Å²) < 4.78 is 0. The summed E-state index contributed by atoms with van der Waals surface area (Å²) in [6.07, 6.45) is 2.77. The van der Waals surface area contributed by atoms with Crippen LogP contribution in [0.5, 0.6) is 0 Å². The second-order valence-electron chi connectivity index (χ2n) is 3.76. The Hall–Kier alpha value is -1.52. The van der Waals surface area contributed by atoms with Crippen molar-refractivity contribution in [3.8, 4) is 0 Å². The molecule has 0 aliphatic carbocycles. The molecule has 0 amide bonds. The molecule has 0 saturated heterocycles. The van der Waals surface area contributed by atoms with E-state index in [0.717, 1.165) is 12.0 Å². The maximum atomic E-state index is 8.91. The van der Waals surface area contributed by atoms with Crippen LogP contribution in [0.25, 0.3) is 0 Å². The summed E-state index contributed by atoms with van der Waals surface area (Å²) in [5, 5.41) is 16.9. The Labute approximate surface area is 94.5 Å². The number of nitrogens with two attached hydrogens (primary N) is 1. The Morgan fingerprint density at radius 2 is 2.00 bits per heavy atom. The molecule has 0 fully saturated rings. The second-order valence-corrected chi connectivity index (χ2v) is 3.76. The van der Waals surface area contributed by atoms with Crippen molar-refractivity contribution in [2.75, 3.05) is 13.2 Å². The Morgan fingerprint density at radius 3 is 2.56 bits per heavy atom. The maximum absolute atomic E-state index is 8.91. The molecule has 2 rings (SSSR count). The molecule has 1 aliphatic rings. The predicted molar refractivity (Wildman–Crippen MR) is 62.0 cm³/mol. The highest BCUT2D eigenvalue weighted by atomic mass is 16.3. The van der Waals surface area contributed by atoms with Crippen LogP contribution in [-0.2, 0) is 6.42 Å². The Morgan fingerprint density at radius 1 is 1.25 bits per heavy atom. The van der Waals surface area contributed by atoms with Crippen LogP contribution in [0.4, 0.5) is 0 Å². The first-order valence-electron chi connectivity index (χ1n) is 5.35. The quantitative estimate of drug-likeness (QED) is 0.803. The van der Waals surface area contributed by atoms with Crippen LogP contribution < -0.4 is 5.73 Å². The number of hydrogen-bond acceptors (Lipinski definition) is 4. The third-order valence-corrected chi connectivity index (χ3v) is 2.58. The highest BCUT2D eigenvalue weighted by molar-refractivity contribution is 5.30. The van der Waals surface area contributed by atoms with Gasteiger partial charge in [-0.05, 0) is 30.2 Å². The second kappa shape index (κ2) is 5.01. The third kappa shape index (κ3) is 2.35. The smallest absolute Gasteiger partial charge is 0.116 e. The van der Waals surface area contributed by atoms with Gasteiger partial charge < -0.3 is 10.8 Å². The van der Waals surface area contributed by atoms with Gasteiger partial charge in [0.05, 0.1) is 12.3 Å². The molecule has 0 saturated carbocycles. The molecule has 1 atom stereocenters. The molecule has 1 aromatic carbocycles. The van der Waals surface area contributed by atoms with Crippen molar-refractivity contribution >= 4 is 0 Å². The normalized spacial score (nSPS) is 18.9. The lowest BCUT2D eigenvalue weighted by molar-refractivity contribution is 0.329. The molecule has 84 valence electrons. The first-order valence-corrected chi connectivity index (χ1v) is 5.35. The fourth-order valence-electron chi connectivity index (χ4n) is 1.68. The minimum atomic E-state index is -0.0503. The first kappa shape index (κ1) is 11.0. The van der Waals surface area contributed by atoms with Crippen LogP contribution in [0.3, 0.4) is 0 Å². The van der Waals surface area contributed by atoms with Crippen molar-refractivity contribution in [1.82, 2.24) is 0 Å². The van der Waals surface area contributed by atoms with Crippen LogP contribution in [0.15, 0.2) is 46.3 Å². The van der Waals surface area contributed by atoms with Gasteiger partial charge in [-0.3, -0.25) is 0 Å². The van der Waals surface area contributed by atoms with E-state index >= 15 is 0 Å². The van der Waals surface area contributed by atoms with Crippen LogP contribution in [0.2, 0.25) is 0 Å². The average Bonchev–Trinajstić information content (AvgIpc) is 2.79. The van der Waals surface area contributed by atoms with Gasteiger partial charge in [-0.1, -0.05) is 24.3 Å². The summed E-state index contributed by atoms with van der Waals surface area (Å²) in [4.78, 5) is 0. The fraction of sp³-hybridized carbons (Fsp3) is 0.333. The minimum Gasteiger partial charge on any atom is -0.390 e. The van der Waals surface area contributed by atoms with Gasteiger partial charge in [0.25, 0.3) is 0 Å². The molecule has 1 unspecified atom stereocenters. The van der Waals surface area contributed by atoms with Crippen molar-refractivity contribution in [2.45, 2.75) is 12.5 Å². The highest BCUT2D eigenvalue weighted by Gasteiger charge is 2.13. The van der Waals surface area contributed by atoms with E-state index in [9.17, 15) is 0 Å². The molecule has 4 nitrogen and oxygen atoms in total. The van der Waals surface area contributed by atoms with Gasteiger partial charge in [0.1, 0.15) is 6.04 Å². The number of aliphatic hydroxyl groups excluding tert-OH is 1. The summed E-state index contributed by atoms with van der Waals surface area (Å²) in [7, 11) is 0. The van der Waals surface area contributed by atoms with Gasteiger partial charge in [-0.2, -0.15) is 10.2 Å². The summed E-state index contributed by atoms with van der Waals surface area (Å²) >= 11 is 0. The van der Waals surface area contributed by atoms with Crippen molar-refractivity contribution in [1.29, 1.82) is 0 Å². The van der Waals surface area contributed by atoms with E-state index in [1.165, 1.54) is 5.56 Å².